The van der Waals surface area contributed by atoms with E-state index < -0.39 is 30.7 Å². The lowest BCUT2D eigenvalue weighted by atomic mass is 10.0. The van der Waals surface area contributed by atoms with Crippen LogP contribution >= 0.6 is 11.6 Å². The van der Waals surface area contributed by atoms with Crippen molar-refractivity contribution in [2.45, 2.75) is 25.2 Å². The highest BCUT2D eigenvalue weighted by Crippen LogP contribution is 2.19. The van der Waals surface area contributed by atoms with Crippen LogP contribution in [-0.4, -0.2) is 50.5 Å². The average molecular weight is 289 g/mol. The normalized spacial score (nSPS) is 17.1. The molecular formula is C13H17ClO5. The third kappa shape index (κ3) is 4.19. The maximum Gasteiger partial charge on any atom is 0.139 e. The van der Waals surface area contributed by atoms with Gasteiger partial charge in [0, 0.05) is 5.02 Å². The standard InChI is InChI=1S/C13H17ClO5/c1-7-2-3-8(4-9(7)14)5-10(16)12(18)13(19)11(17)6-15/h2-5,11-13,15-19H,6H2,1H3/t11-,12+,13+/m1/s1. The van der Waals surface area contributed by atoms with Gasteiger partial charge in [-0.3, -0.25) is 0 Å². The van der Waals surface area contributed by atoms with E-state index in [2.05, 4.69) is 0 Å². The van der Waals surface area contributed by atoms with Crippen LogP contribution in [0.15, 0.2) is 24.0 Å². The third-order valence-corrected chi connectivity index (χ3v) is 3.13. The van der Waals surface area contributed by atoms with E-state index in [1.165, 1.54) is 6.08 Å². The molecule has 1 aromatic rings. The molecule has 0 bridgehead atoms. The summed E-state index contributed by atoms with van der Waals surface area (Å²) in [4.78, 5) is 0. The zero-order valence-electron chi connectivity index (χ0n) is 10.4. The van der Waals surface area contributed by atoms with E-state index in [0.717, 1.165) is 5.56 Å². The fourth-order valence-corrected chi connectivity index (χ4v) is 1.64. The Kier molecular flexibility index (Phi) is 5.78. The van der Waals surface area contributed by atoms with Crippen molar-refractivity contribution >= 4 is 17.7 Å². The lowest BCUT2D eigenvalue weighted by Gasteiger charge is -2.20. The molecule has 0 spiro atoms. The van der Waals surface area contributed by atoms with E-state index in [-0.39, 0.29) is 0 Å². The molecule has 19 heavy (non-hydrogen) atoms. The summed E-state index contributed by atoms with van der Waals surface area (Å²) in [5.41, 5.74) is 1.41. The molecule has 106 valence electrons. The molecule has 6 heteroatoms. The Morgan fingerprint density at radius 2 is 1.95 bits per heavy atom. The Labute approximate surface area is 116 Å². The third-order valence-electron chi connectivity index (χ3n) is 2.72. The smallest absolute Gasteiger partial charge is 0.139 e. The van der Waals surface area contributed by atoms with E-state index in [4.69, 9.17) is 16.7 Å². The first-order chi connectivity index (χ1) is 8.86. The van der Waals surface area contributed by atoms with Crippen LogP contribution in [0.2, 0.25) is 5.02 Å². The van der Waals surface area contributed by atoms with Crippen molar-refractivity contribution in [1.82, 2.24) is 0 Å². The molecule has 1 rings (SSSR count). The Hall–Kier alpha value is -1.11. The monoisotopic (exact) mass is 288 g/mol. The average Bonchev–Trinajstić information content (AvgIpc) is 2.40. The van der Waals surface area contributed by atoms with Gasteiger partial charge in [0.2, 0.25) is 0 Å². The predicted molar refractivity (Wildman–Crippen MR) is 71.9 cm³/mol. The Morgan fingerprint density at radius 3 is 2.47 bits per heavy atom. The highest BCUT2D eigenvalue weighted by atomic mass is 35.5. The molecule has 1 aromatic carbocycles. The molecule has 0 radical (unpaired) electrons. The van der Waals surface area contributed by atoms with Gasteiger partial charge in [-0.15, -0.1) is 0 Å². The van der Waals surface area contributed by atoms with Crippen molar-refractivity contribution in [3.8, 4) is 0 Å². The van der Waals surface area contributed by atoms with Gasteiger partial charge in [0.15, 0.2) is 0 Å². The van der Waals surface area contributed by atoms with Crippen LogP contribution in [0.25, 0.3) is 6.08 Å². The van der Waals surface area contributed by atoms with Crippen molar-refractivity contribution in [3.63, 3.8) is 0 Å². The van der Waals surface area contributed by atoms with Crippen LogP contribution in [-0.2, 0) is 0 Å². The largest absolute Gasteiger partial charge is 0.509 e. The summed E-state index contributed by atoms with van der Waals surface area (Å²) in [5, 5.41) is 47.0. The van der Waals surface area contributed by atoms with E-state index in [1.54, 1.807) is 18.2 Å². The van der Waals surface area contributed by atoms with Gasteiger partial charge in [0.05, 0.1) is 6.61 Å². The number of aryl methyl sites for hydroxylation is 1. The van der Waals surface area contributed by atoms with Gasteiger partial charge in [-0.1, -0.05) is 23.7 Å². The van der Waals surface area contributed by atoms with Crippen molar-refractivity contribution in [1.29, 1.82) is 0 Å². The summed E-state index contributed by atoms with van der Waals surface area (Å²) in [6.07, 6.45) is -3.68. The molecule has 0 fully saturated rings. The number of aliphatic hydroxyl groups excluding tert-OH is 5. The second-order valence-electron chi connectivity index (χ2n) is 4.26. The minimum Gasteiger partial charge on any atom is -0.509 e. The van der Waals surface area contributed by atoms with Gasteiger partial charge in [-0.25, -0.2) is 0 Å². The summed E-state index contributed by atoms with van der Waals surface area (Å²) in [5.74, 6) is -0.528. The summed E-state index contributed by atoms with van der Waals surface area (Å²) < 4.78 is 0. The molecule has 0 saturated heterocycles. The molecule has 3 atom stereocenters. The topological polar surface area (TPSA) is 101 Å². The van der Waals surface area contributed by atoms with Gasteiger partial charge in [-0.05, 0) is 30.2 Å². The summed E-state index contributed by atoms with van der Waals surface area (Å²) in [7, 11) is 0. The van der Waals surface area contributed by atoms with Crippen LogP contribution in [0.3, 0.4) is 0 Å². The van der Waals surface area contributed by atoms with Crippen molar-refractivity contribution in [2.75, 3.05) is 6.61 Å². The summed E-state index contributed by atoms with van der Waals surface area (Å²) in [6.45, 7) is 1.10. The van der Waals surface area contributed by atoms with E-state index in [1.807, 2.05) is 6.92 Å². The van der Waals surface area contributed by atoms with Crippen molar-refractivity contribution in [2.24, 2.45) is 0 Å². The zero-order chi connectivity index (χ0) is 14.6. The number of aliphatic hydroxyl groups is 5. The molecule has 0 aliphatic heterocycles. The minimum absolute atomic E-state index is 0.506. The van der Waals surface area contributed by atoms with Gasteiger partial charge < -0.3 is 25.5 Å². The molecule has 0 aliphatic carbocycles. The zero-order valence-corrected chi connectivity index (χ0v) is 11.1. The quantitative estimate of drug-likeness (QED) is 0.511. The minimum atomic E-state index is -1.69. The molecule has 5 N–H and O–H groups in total. The van der Waals surface area contributed by atoms with Crippen molar-refractivity contribution < 1.29 is 25.5 Å². The highest BCUT2D eigenvalue weighted by Gasteiger charge is 2.26. The van der Waals surface area contributed by atoms with Gasteiger partial charge in [0.25, 0.3) is 0 Å². The first kappa shape index (κ1) is 15.9. The molecule has 0 amide bonds. The maximum absolute atomic E-state index is 9.66. The molecule has 0 saturated carbocycles. The van der Waals surface area contributed by atoms with Crippen LogP contribution in [0.5, 0.6) is 0 Å². The fraction of sp³-hybridized carbons (Fsp3) is 0.385. The maximum atomic E-state index is 9.66. The molecule has 0 aliphatic rings. The Balaban J connectivity index is 2.88. The lowest BCUT2D eigenvalue weighted by molar-refractivity contribution is -0.0735. The fourth-order valence-electron chi connectivity index (χ4n) is 1.45. The summed E-state index contributed by atoms with van der Waals surface area (Å²) in [6, 6.07) is 5.01. The van der Waals surface area contributed by atoms with E-state index >= 15 is 0 Å². The number of hydrogen-bond acceptors (Lipinski definition) is 5. The Morgan fingerprint density at radius 1 is 1.32 bits per heavy atom. The molecule has 0 heterocycles. The number of halogens is 1. The highest BCUT2D eigenvalue weighted by molar-refractivity contribution is 6.31. The lowest BCUT2D eigenvalue weighted by Crippen LogP contribution is -2.40. The number of rotatable bonds is 5. The van der Waals surface area contributed by atoms with Crippen LogP contribution in [0, 0.1) is 6.92 Å². The van der Waals surface area contributed by atoms with E-state index in [9.17, 15) is 20.4 Å². The molecule has 5 nitrogen and oxygen atoms in total. The van der Waals surface area contributed by atoms with E-state index in [0.29, 0.717) is 10.6 Å². The molecular weight excluding hydrogens is 272 g/mol. The number of hydrogen-bond donors (Lipinski definition) is 5. The van der Waals surface area contributed by atoms with Gasteiger partial charge in [0.1, 0.15) is 24.1 Å². The van der Waals surface area contributed by atoms with Crippen molar-refractivity contribution in [3.05, 3.63) is 40.1 Å². The second-order valence-corrected chi connectivity index (χ2v) is 4.67. The predicted octanol–water partition coefficient (Wildman–Crippen LogP) is 0.622. The first-order valence-corrected chi connectivity index (χ1v) is 6.06. The van der Waals surface area contributed by atoms with Gasteiger partial charge >= 0.3 is 0 Å². The first-order valence-electron chi connectivity index (χ1n) is 5.68. The molecule has 0 aromatic heterocycles. The Bertz CT molecular complexity index is 460. The van der Waals surface area contributed by atoms with Crippen LogP contribution in [0.4, 0.5) is 0 Å². The molecule has 0 unspecified atom stereocenters. The summed E-state index contributed by atoms with van der Waals surface area (Å²) >= 11 is 5.92. The second kappa shape index (κ2) is 6.88. The van der Waals surface area contributed by atoms with Gasteiger partial charge in [-0.2, -0.15) is 0 Å². The number of benzene rings is 1. The van der Waals surface area contributed by atoms with Crippen LogP contribution in [0.1, 0.15) is 11.1 Å². The SMILES string of the molecule is Cc1ccc(C=C(O)[C@H](O)[C@@H](O)[C@H](O)CO)cc1Cl. The van der Waals surface area contributed by atoms with Crippen LogP contribution < -0.4 is 0 Å².